The summed E-state index contributed by atoms with van der Waals surface area (Å²) in [6.07, 6.45) is 0. The average Bonchev–Trinajstić information content (AvgIpc) is 3.08. The summed E-state index contributed by atoms with van der Waals surface area (Å²) in [5.41, 5.74) is 14.0. The summed E-state index contributed by atoms with van der Waals surface area (Å²) in [6, 6.07) is 37.5. The molecule has 6 rings (SSSR count). The monoisotopic (exact) mass is 897 g/mol. The zero-order valence-electron chi connectivity index (χ0n) is 35.2. The van der Waals surface area contributed by atoms with Crippen LogP contribution in [0.3, 0.4) is 0 Å². The minimum Gasteiger partial charge on any atom is -0.507 e. The van der Waals surface area contributed by atoms with Crippen molar-refractivity contribution >= 4 is 0 Å². The van der Waals surface area contributed by atoms with Gasteiger partial charge in [0.05, 0.1) is 11.4 Å². The van der Waals surface area contributed by atoms with Crippen molar-refractivity contribution in [3.05, 3.63) is 152 Å². The van der Waals surface area contributed by atoms with Gasteiger partial charge in [-0.25, -0.2) is 4.98 Å². The Morgan fingerprint density at radius 1 is 0.418 bits per heavy atom. The van der Waals surface area contributed by atoms with Crippen LogP contribution in [0, 0.1) is 28.7 Å². The molecule has 0 radical (unpaired) electrons. The molecule has 0 spiro atoms. The number of rotatable bonds is 5. The van der Waals surface area contributed by atoms with Crippen LogP contribution in [0.2, 0.25) is 0 Å². The Labute approximate surface area is 350 Å². The second kappa shape index (κ2) is 16.8. The first-order valence-corrected chi connectivity index (χ1v) is 18.3. The van der Waals surface area contributed by atoms with Gasteiger partial charge in [-0.05, 0) is 99.4 Å². The van der Waals surface area contributed by atoms with Crippen molar-refractivity contribution in [2.75, 3.05) is 0 Å². The molecule has 3 nitrogen and oxygen atoms in total. The average molecular weight is 897 g/mol. The van der Waals surface area contributed by atoms with Crippen LogP contribution in [0.15, 0.2) is 109 Å². The van der Waals surface area contributed by atoms with Crippen LogP contribution in [0.5, 0.6) is 11.5 Å². The molecule has 0 fully saturated rings. The number of nitrogens with zero attached hydrogens (tertiary/aromatic N) is 1. The number of hydrogen-bond acceptors (Lipinski definition) is 3. The molecule has 0 saturated heterocycles. The number of aryl methyl sites for hydroxylation is 2. The first-order chi connectivity index (χ1) is 24.3. The molecule has 5 aromatic carbocycles. The molecule has 55 heavy (non-hydrogen) atoms. The third-order valence-electron chi connectivity index (χ3n) is 10.0. The number of benzene rings is 5. The van der Waals surface area contributed by atoms with Gasteiger partial charge < -0.3 is 25.1 Å². The zero-order chi connectivity index (χ0) is 37.7. The quantitative estimate of drug-likeness (QED) is 0.134. The molecular weight excluding hydrogens is 837 g/mol. The van der Waals surface area contributed by atoms with E-state index in [1.165, 1.54) is 11.1 Å². The van der Waals surface area contributed by atoms with Crippen molar-refractivity contribution in [2.24, 2.45) is 0 Å². The van der Waals surface area contributed by atoms with Gasteiger partial charge in [-0.1, -0.05) is 141 Å². The van der Waals surface area contributed by atoms with E-state index in [0.717, 1.165) is 72.6 Å². The predicted molar refractivity (Wildman–Crippen MR) is 233 cm³/mol. The van der Waals surface area contributed by atoms with Gasteiger partial charge >= 0.3 is 0 Å². The van der Waals surface area contributed by atoms with E-state index in [-0.39, 0.29) is 62.7 Å². The van der Waals surface area contributed by atoms with Crippen LogP contribution in [0.1, 0.15) is 90.1 Å². The van der Waals surface area contributed by atoms with Crippen molar-refractivity contribution < 1.29 is 36.1 Å². The molecule has 0 atom stereocenters. The molecule has 2 N–H and O–H groups in total. The van der Waals surface area contributed by atoms with Gasteiger partial charge in [0, 0.05) is 59.2 Å². The minimum absolute atomic E-state index is 0. The van der Waals surface area contributed by atoms with E-state index in [1.54, 1.807) is 0 Å². The fraction of sp³-hybridized carbons (Fsp3) is 0.275. The van der Waals surface area contributed by atoms with E-state index in [1.807, 2.05) is 42.5 Å². The van der Waals surface area contributed by atoms with Gasteiger partial charge in [-0.2, -0.15) is 0 Å². The molecule has 1 aromatic heterocycles. The Bertz CT molecular complexity index is 2260. The Kier molecular flexibility index (Phi) is 13.8. The molecule has 0 aliphatic heterocycles. The predicted octanol–water partition coefficient (Wildman–Crippen LogP) is 14.2. The van der Waals surface area contributed by atoms with E-state index in [0.29, 0.717) is 5.75 Å². The number of hydrogen-bond donors (Lipinski definition) is 2. The van der Waals surface area contributed by atoms with E-state index < -0.39 is 0 Å². The normalized spacial score (nSPS) is 11.6. The molecule has 4 heteroatoms. The third kappa shape index (κ3) is 9.41. The van der Waals surface area contributed by atoms with Gasteiger partial charge in [0.1, 0.15) is 11.5 Å². The van der Waals surface area contributed by atoms with E-state index in [2.05, 4.69) is 143 Å². The molecule has 6 aromatic rings. The Hall–Kier alpha value is -4.28. The van der Waals surface area contributed by atoms with Crippen molar-refractivity contribution in [1.29, 1.82) is 0 Å². The standard InChI is InChI=1S/C49H53NO2.2CH3.Hf/c1-30-23-39(32-27-33(47(3,4)5)29-34(28-32)48(6,7)8)45(51)40(24-30)35-17-12-14-19-37(35)43-21-16-22-44(50-43)38-20-15-13-18-36(38)41-25-31(2)26-42(46(41)52)49(9,10)11;;;/h12-29,51-52H,1-11H3;2*1H3;/q;2*-1;. The van der Waals surface area contributed by atoms with Crippen LogP contribution < -0.4 is 0 Å². The van der Waals surface area contributed by atoms with E-state index in [4.69, 9.17) is 4.98 Å². The largest absolute Gasteiger partial charge is 0.507 e. The second-order valence-electron chi connectivity index (χ2n) is 17.5. The number of pyridine rings is 1. The summed E-state index contributed by atoms with van der Waals surface area (Å²) in [4.78, 5) is 5.26. The third-order valence-corrected chi connectivity index (χ3v) is 10.0. The molecule has 0 amide bonds. The maximum atomic E-state index is 12.2. The fourth-order valence-corrected chi connectivity index (χ4v) is 7.03. The second-order valence-corrected chi connectivity index (χ2v) is 17.5. The van der Waals surface area contributed by atoms with E-state index in [9.17, 15) is 10.2 Å². The van der Waals surface area contributed by atoms with Crippen molar-refractivity contribution in [3.8, 4) is 67.4 Å². The van der Waals surface area contributed by atoms with Crippen molar-refractivity contribution in [1.82, 2.24) is 4.98 Å². The topological polar surface area (TPSA) is 53.4 Å². The number of phenolic OH excluding ortho intramolecular Hbond substituents is 2. The number of aromatic hydroxyl groups is 2. The molecule has 0 aliphatic carbocycles. The van der Waals surface area contributed by atoms with Gasteiger partial charge in [-0.3, -0.25) is 0 Å². The minimum atomic E-state index is -0.215. The molecule has 1 heterocycles. The number of aromatic nitrogens is 1. The fourth-order valence-electron chi connectivity index (χ4n) is 7.03. The smallest absolute Gasteiger partial charge is 0.131 e. The van der Waals surface area contributed by atoms with Gasteiger partial charge in [0.25, 0.3) is 0 Å². The van der Waals surface area contributed by atoms with Crippen LogP contribution >= 0.6 is 0 Å². The summed E-state index contributed by atoms with van der Waals surface area (Å²) in [5.74, 6) is 0.565. The first kappa shape index (κ1) is 45.1. The van der Waals surface area contributed by atoms with E-state index >= 15 is 0 Å². The van der Waals surface area contributed by atoms with Crippen molar-refractivity contribution in [2.45, 2.75) is 92.4 Å². The van der Waals surface area contributed by atoms with Crippen LogP contribution in [-0.4, -0.2) is 15.2 Å². The Morgan fingerprint density at radius 3 is 1.25 bits per heavy atom. The van der Waals surface area contributed by atoms with Gasteiger partial charge in [0.2, 0.25) is 0 Å². The number of phenols is 2. The summed E-state index contributed by atoms with van der Waals surface area (Å²) in [5, 5.41) is 23.7. The van der Waals surface area contributed by atoms with Crippen LogP contribution in [0.25, 0.3) is 55.9 Å². The SMILES string of the molecule is Cc1cc(-c2cc(C(C)(C)C)cc(C(C)(C)C)c2)c(O)c(-c2ccccc2-c2cccc(-c3ccccc3-c3cc(C)cc(C(C)(C)C)c3O)n2)c1.[CH3-].[CH3-].[Hf]. The van der Waals surface area contributed by atoms with Crippen LogP contribution in [-0.2, 0) is 42.1 Å². The summed E-state index contributed by atoms with van der Waals surface area (Å²) in [7, 11) is 0. The molecule has 0 unspecified atom stereocenters. The summed E-state index contributed by atoms with van der Waals surface area (Å²) < 4.78 is 0. The summed E-state index contributed by atoms with van der Waals surface area (Å²) >= 11 is 0. The van der Waals surface area contributed by atoms with Gasteiger partial charge in [0.15, 0.2) is 0 Å². The molecule has 0 saturated carbocycles. The van der Waals surface area contributed by atoms with Crippen LogP contribution in [0.4, 0.5) is 0 Å². The molecule has 286 valence electrons. The maximum absolute atomic E-state index is 12.2. The zero-order valence-corrected chi connectivity index (χ0v) is 38.8. The Morgan fingerprint density at radius 2 is 0.818 bits per heavy atom. The maximum Gasteiger partial charge on any atom is 0.131 e. The summed E-state index contributed by atoms with van der Waals surface area (Å²) in [6.45, 7) is 24.0. The van der Waals surface area contributed by atoms with Crippen molar-refractivity contribution in [3.63, 3.8) is 0 Å². The Balaban J connectivity index is 0.00000271. The molecule has 0 bridgehead atoms. The van der Waals surface area contributed by atoms with Gasteiger partial charge in [-0.15, -0.1) is 0 Å². The molecule has 0 aliphatic rings. The first-order valence-electron chi connectivity index (χ1n) is 18.3. The molecular formula is C51H59HfNO2-2.